The molecule has 1 saturated carbocycles. The topological polar surface area (TPSA) is 47.6 Å². The van der Waals surface area contributed by atoms with E-state index in [1.54, 1.807) is 26.4 Å². The van der Waals surface area contributed by atoms with E-state index < -0.39 is 0 Å². The van der Waals surface area contributed by atoms with Crippen LogP contribution in [0.2, 0.25) is 0 Å². The molecule has 1 aromatic carbocycles. The SMILES string of the molecule is COc1ccc(NC(=O)C2CC3C=CC2C3)cc1OC. The Morgan fingerprint density at radius 3 is 2.55 bits per heavy atom. The van der Waals surface area contributed by atoms with Crippen LogP contribution in [0, 0.1) is 17.8 Å². The molecular formula is C16H19NO3. The fourth-order valence-corrected chi connectivity index (χ4v) is 3.23. The number of carbonyl (C=O) groups is 1. The van der Waals surface area contributed by atoms with E-state index in [4.69, 9.17) is 9.47 Å². The highest BCUT2D eigenvalue weighted by atomic mass is 16.5. The molecule has 1 aromatic rings. The zero-order valence-corrected chi connectivity index (χ0v) is 11.8. The normalized spacial score (nSPS) is 26.6. The first-order valence-corrected chi connectivity index (χ1v) is 6.92. The summed E-state index contributed by atoms with van der Waals surface area (Å²) in [6.45, 7) is 0. The molecule has 0 radical (unpaired) electrons. The molecule has 0 aliphatic heterocycles. The van der Waals surface area contributed by atoms with Crippen molar-refractivity contribution >= 4 is 11.6 Å². The first-order valence-electron chi connectivity index (χ1n) is 6.92. The van der Waals surface area contributed by atoms with Gasteiger partial charge in [-0.25, -0.2) is 0 Å². The molecule has 2 bridgehead atoms. The third-order valence-electron chi connectivity index (χ3n) is 4.27. The largest absolute Gasteiger partial charge is 0.493 e. The van der Waals surface area contributed by atoms with Crippen molar-refractivity contribution in [3.8, 4) is 11.5 Å². The molecule has 4 heteroatoms. The van der Waals surface area contributed by atoms with E-state index in [2.05, 4.69) is 17.5 Å². The minimum Gasteiger partial charge on any atom is -0.493 e. The van der Waals surface area contributed by atoms with Crippen LogP contribution >= 0.6 is 0 Å². The fourth-order valence-electron chi connectivity index (χ4n) is 3.23. The molecule has 0 aromatic heterocycles. The maximum Gasteiger partial charge on any atom is 0.228 e. The average molecular weight is 273 g/mol. The molecule has 3 unspecified atom stereocenters. The summed E-state index contributed by atoms with van der Waals surface area (Å²) in [5.41, 5.74) is 0.749. The van der Waals surface area contributed by atoms with E-state index >= 15 is 0 Å². The molecule has 2 aliphatic carbocycles. The molecule has 20 heavy (non-hydrogen) atoms. The number of amides is 1. The fraction of sp³-hybridized carbons (Fsp3) is 0.438. The zero-order chi connectivity index (χ0) is 14.1. The van der Waals surface area contributed by atoms with Crippen LogP contribution in [-0.4, -0.2) is 20.1 Å². The van der Waals surface area contributed by atoms with Crippen molar-refractivity contribution in [1.29, 1.82) is 0 Å². The summed E-state index contributed by atoms with van der Waals surface area (Å²) in [7, 11) is 3.18. The van der Waals surface area contributed by atoms with E-state index in [1.807, 2.05) is 6.07 Å². The number of benzene rings is 1. The van der Waals surface area contributed by atoms with Gasteiger partial charge < -0.3 is 14.8 Å². The molecule has 4 nitrogen and oxygen atoms in total. The summed E-state index contributed by atoms with van der Waals surface area (Å²) in [4.78, 5) is 12.3. The van der Waals surface area contributed by atoms with Gasteiger partial charge in [0.2, 0.25) is 5.91 Å². The molecule has 0 spiro atoms. The van der Waals surface area contributed by atoms with Gasteiger partial charge in [0.15, 0.2) is 11.5 Å². The van der Waals surface area contributed by atoms with Gasteiger partial charge >= 0.3 is 0 Å². The number of hydrogen-bond donors (Lipinski definition) is 1. The molecule has 106 valence electrons. The number of anilines is 1. The Morgan fingerprint density at radius 2 is 1.95 bits per heavy atom. The second-order valence-corrected chi connectivity index (χ2v) is 5.45. The summed E-state index contributed by atoms with van der Waals surface area (Å²) < 4.78 is 10.4. The predicted octanol–water partition coefficient (Wildman–Crippen LogP) is 2.85. The molecule has 1 N–H and O–H groups in total. The van der Waals surface area contributed by atoms with E-state index in [1.165, 1.54) is 0 Å². The second kappa shape index (κ2) is 5.19. The number of hydrogen-bond acceptors (Lipinski definition) is 3. The van der Waals surface area contributed by atoms with Crippen LogP contribution in [0.5, 0.6) is 11.5 Å². The predicted molar refractivity (Wildman–Crippen MR) is 77.0 cm³/mol. The summed E-state index contributed by atoms with van der Waals surface area (Å²) in [5, 5.41) is 2.99. The summed E-state index contributed by atoms with van der Waals surface area (Å²) in [6.07, 6.45) is 6.53. The molecule has 1 fully saturated rings. The highest BCUT2D eigenvalue weighted by Gasteiger charge is 2.39. The van der Waals surface area contributed by atoms with Gasteiger partial charge in [0, 0.05) is 17.7 Å². The van der Waals surface area contributed by atoms with Crippen molar-refractivity contribution in [3.05, 3.63) is 30.4 Å². The lowest BCUT2D eigenvalue weighted by Crippen LogP contribution is -2.25. The Hall–Kier alpha value is -1.97. The van der Waals surface area contributed by atoms with E-state index in [0.717, 1.165) is 18.5 Å². The maximum absolute atomic E-state index is 12.3. The minimum absolute atomic E-state index is 0.106. The van der Waals surface area contributed by atoms with Crippen LogP contribution in [0.1, 0.15) is 12.8 Å². The molecule has 0 heterocycles. The van der Waals surface area contributed by atoms with Gasteiger partial charge in [-0.1, -0.05) is 12.2 Å². The maximum atomic E-state index is 12.3. The first-order chi connectivity index (χ1) is 9.71. The number of ether oxygens (including phenoxy) is 2. The van der Waals surface area contributed by atoms with Crippen LogP contribution < -0.4 is 14.8 Å². The highest BCUT2D eigenvalue weighted by Crippen LogP contribution is 2.44. The number of carbonyl (C=O) groups excluding carboxylic acids is 1. The monoisotopic (exact) mass is 273 g/mol. The lowest BCUT2D eigenvalue weighted by Gasteiger charge is -2.18. The van der Waals surface area contributed by atoms with Gasteiger partial charge in [-0.05, 0) is 36.8 Å². The van der Waals surface area contributed by atoms with Crippen LogP contribution in [0.25, 0.3) is 0 Å². The molecule has 3 atom stereocenters. The smallest absolute Gasteiger partial charge is 0.228 e. The van der Waals surface area contributed by atoms with E-state index in [0.29, 0.717) is 23.3 Å². The van der Waals surface area contributed by atoms with Crippen molar-refractivity contribution in [1.82, 2.24) is 0 Å². The number of methoxy groups -OCH3 is 2. The summed E-state index contributed by atoms with van der Waals surface area (Å²) >= 11 is 0. The van der Waals surface area contributed by atoms with Gasteiger partial charge in [0.05, 0.1) is 14.2 Å². The van der Waals surface area contributed by atoms with Gasteiger partial charge in [-0.2, -0.15) is 0 Å². The molecule has 0 saturated heterocycles. The first kappa shape index (κ1) is 13.0. The van der Waals surface area contributed by atoms with Crippen LogP contribution in [0.3, 0.4) is 0 Å². The minimum atomic E-state index is 0.106. The van der Waals surface area contributed by atoms with Gasteiger partial charge in [-0.15, -0.1) is 0 Å². The Kier molecular flexibility index (Phi) is 3.38. The van der Waals surface area contributed by atoms with Gasteiger partial charge in [-0.3, -0.25) is 4.79 Å². The lowest BCUT2D eigenvalue weighted by molar-refractivity contribution is -0.120. The standard InChI is InChI=1S/C16H19NO3/c1-19-14-6-5-12(9-15(14)20-2)17-16(18)13-8-10-3-4-11(13)7-10/h3-6,9-11,13H,7-8H2,1-2H3,(H,17,18). The van der Waals surface area contributed by atoms with Crippen LogP contribution in [-0.2, 0) is 4.79 Å². The Bertz CT molecular complexity index is 553. The second-order valence-electron chi connectivity index (χ2n) is 5.45. The van der Waals surface area contributed by atoms with Gasteiger partial charge in [0.25, 0.3) is 0 Å². The zero-order valence-electron chi connectivity index (χ0n) is 11.8. The van der Waals surface area contributed by atoms with E-state index in [9.17, 15) is 4.79 Å². The molecule has 3 rings (SSSR count). The number of allylic oxidation sites excluding steroid dienone is 2. The van der Waals surface area contributed by atoms with Crippen molar-refractivity contribution < 1.29 is 14.3 Å². The van der Waals surface area contributed by atoms with Crippen molar-refractivity contribution in [2.24, 2.45) is 17.8 Å². The Morgan fingerprint density at radius 1 is 1.15 bits per heavy atom. The molecule has 1 amide bonds. The number of fused-ring (bicyclic) bond motifs is 2. The van der Waals surface area contributed by atoms with Crippen molar-refractivity contribution in [2.75, 3.05) is 19.5 Å². The van der Waals surface area contributed by atoms with Crippen LogP contribution in [0.15, 0.2) is 30.4 Å². The van der Waals surface area contributed by atoms with Crippen molar-refractivity contribution in [3.63, 3.8) is 0 Å². The summed E-state index contributed by atoms with van der Waals surface area (Å²) in [5.74, 6) is 2.51. The third kappa shape index (κ3) is 2.26. The Balaban J connectivity index is 1.71. The highest BCUT2D eigenvalue weighted by molar-refractivity contribution is 5.93. The molecular weight excluding hydrogens is 254 g/mol. The number of nitrogens with one attached hydrogen (secondary N) is 1. The third-order valence-corrected chi connectivity index (χ3v) is 4.27. The summed E-state index contributed by atoms with van der Waals surface area (Å²) in [6, 6.07) is 5.43. The average Bonchev–Trinajstić information content (AvgIpc) is 3.09. The Labute approximate surface area is 118 Å². The van der Waals surface area contributed by atoms with Crippen molar-refractivity contribution in [2.45, 2.75) is 12.8 Å². The van der Waals surface area contributed by atoms with E-state index in [-0.39, 0.29) is 11.8 Å². The lowest BCUT2D eigenvalue weighted by atomic mass is 9.93. The quantitative estimate of drug-likeness (QED) is 0.858. The van der Waals surface area contributed by atoms with Gasteiger partial charge in [0.1, 0.15) is 0 Å². The molecule has 2 aliphatic rings. The number of rotatable bonds is 4. The van der Waals surface area contributed by atoms with Crippen LogP contribution in [0.4, 0.5) is 5.69 Å².